The quantitative estimate of drug-likeness (QED) is 0.779. The Bertz CT molecular complexity index is 509. The predicted molar refractivity (Wildman–Crippen MR) is 67.0 cm³/mol. The number of aromatic amines is 1. The summed E-state index contributed by atoms with van der Waals surface area (Å²) in [5, 5.41) is 6.51. The van der Waals surface area contributed by atoms with E-state index in [-0.39, 0.29) is 24.0 Å². The molecule has 0 atom stereocenters. The van der Waals surface area contributed by atoms with Crippen molar-refractivity contribution in [2.24, 2.45) is 0 Å². The van der Waals surface area contributed by atoms with Gasteiger partial charge in [-0.2, -0.15) is 0 Å². The Balaban J connectivity index is 2.62. The van der Waals surface area contributed by atoms with Gasteiger partial charge in [0.2, 0.25) is 5.82 Å². The Morgan fingerprint density at radius 2 is 2.11 bits per heavy atom. The largest absolute Gasteiger partial charge is 0.338 e. The van der Waals surface area contributed by atoms with E-state index in [1.807, 2.05) is 6.92 Å². The zero-order chi connectivity index (χ0) is 13.8. The number of carbonyl (C=O) groups is 1. The molecule has 0 saturated carbocycles. The van der Waals surface area contributed by atoms with Crippen LogP contribution in [0.5, 0.6) is 0 Å². The summed E-state index contributed by atoms with van der Waals surface area (Å²) in [4.78, 5) is 17.2. The fourth-order valence-corrected chi connectivity index (χ4v) is 1.92. The summed E-state index contributed by atoms with van der Waals surface area (Å²) < 4.78 is 22.0. The van der Waals surface area contributed by atoms with Gasteiger partial charge in [-0.1, -0.05) is 6.92 Å². The van der Waals surface area contributed by atoms with Crippen LogP contribution in [0.15, 0.2) is 0 Å². The normalized spacial score (nSPS) is 11.5. The zero-order valence-corrected chi connectivity index (χ0v) is 11.6. The van der Waals surface area contributed by atoms with Crippen LogP contribution in [0.25, 0.3) is 0 Å². The number of aryl methyl sites for hydroxylation is 1. The smallest absolute Gasteiger partial charge is 0.293 e. The van der Waals surface area contributed by atoms with Crippen molar-refractivity contribution < 1.29 is 13.2 Å². The van der Waals surface area contributed by atoms with Gasteiger partial charge in [0, 0.05) is 26.3 Å². The van der Waals surface area contributed by atoms with E-state index in [2.05, 4.69) is 15.2 Å². The number of sulfone groups is 1. The second-order valence-corrected chi connectivity index (χ2v) is 6.47. The van der Waals surface area contributed by atoms with Crippen molar-refractivity contribution in [1.29, 1.82) is 0 Å². The van der Waals surface area contributed by atoms with Crippen molar-refractivity contribution in [2.45, 2.75) is 19.8 Å². The summed E-state index contributed by atoms with van der Waals surface area (Å²) in [5.74, 6) is 0.297. The molecule has 0 spiro atoms. The first-order valence-electron chi connectivity index (χ1n) is 5.68. The molecule has 0 aliphatic rings. The Morgan fingerprint density at radius 1 is 1.44 bits per heavy atom. The number of carbonyl (C=O) groups excluding carboxylic acids is 1. The van der Waals surface area contributed by atoms with E-state index in [9.17, 15) is 13.2 Å². The lowest BCUT2D eigenvalue weighted by atomic mass is 10.3. The molecule has 0 aliphatic heterocycles. The van der Waals surface area contributed by atoms with Gasteiger partial charge in [-0.3, -0.25) is 9.89 Å². The molecule has 0 bridgehead atoms. The molecule has 1 aromatic rings. The molecule has 1 heterocycles. The molecule has 102 valence electrons. The van der Waals surface area contributed by atoms with Crippen LogP contribution < -0.4 is 0 Å². The lowest BCUT2D eigenvalue weighted by Crippen LogP contribution is -2.32. The number of nitrogens with zero attached hydrogens (tertiary/aromatic N) is 3. The van der Waals surface area contributed by atoms with Gasteiger partial charge < -0.3 is 4.90 Å². The van der Waals surface area contributed by atoms with Crippen LogP contribution in [0, 0.1) is 0 Å². The van der Waals surface area contributed by atoms with E-state index in [0.717, 1.165) is 19.1 Å². The van der Waals surface area contributed by atoms with E-state index in [1.54, 1.807) is 0 Å². The molecule has 0 unspecified atom stereocenters. The highest BCUT2D eigenvalue weighted by Crippen LogP contribution is 2.00. The molecule has 8 heteroatoms. The third-order valence-corrected chi connectivity index (χ3v) is 3.28. The summed E-state index contributed by atoms with van der Waals surface area (Å²) in [6.45, 7) is 2.14. The van der Waals surface area contributed by atoms with Crippen LogP contribution >= 0.6 is 0 Å². The van der Waals surface area contributed by atoms with E-state index in [0.29, 0.717) is 5.82 Å². The first kappa shape index (κ1) is 14.6. The van der Waals surface area contributed by atoms with E-state index >= 15 is 0 Å². The van der Waals surface area contributed by atoms with Crippen LogP contribution in [0.3, 0.4) is 0 Å². The zero-order valence-electron chi connectivity index (χ0n) is 10.8. The summed E-state index contributed by atoms with van der Waals surface area (Å²) in [7, 11) is -1.55. The Kier molecular flexibility index (Phi) is 4.83. The average Bonchev–Trinajstić information content (AvgIpc) is 2.73. The van der Waals surface area contributed by atoms with Gasteiger partial charge in [0.05, 0.1) is 5.75 Å². The van der Waals surface area contributed by atoms with Crippen LogP contribution in [0.1, 0.15) is 29.8 Å². The number of nitrogens with one attached hydrogen (secondary N) is 1. The molecular formula is C10H18N4O3S. The van der Waals surface area contributed by atoms with Crippen molar-refractivity contribution in [2.75, 3.05) is 25.6 Å². The third-order valence-electron chi connectivity index (χ3n) is 2.35. The molecular weight excluding hydrogens is 256 g/mol. The number of H-pyrrole nitrogens is 1. The Hall–Kier alpha value is -1.44. The summed E-state index contributed by atoms with van der Waals surface area (Å²) in [6, 6.07) is 0. The van der Waals surface area contributed by atoms with Crippen molar-refractivity contribution >= 4 is 15.7 Å². The van der Waals surface area contributed by atoms with Crippen molar-refractivity contribution in [3.05, 3.63) is 11.6 Å². The van der Waals surface area contributed by atoms with Gasteiger partial charge in [0.1, 0.15) is 15.7 Å². The second-order valence-electron chi connectivity index (χ2n) is 4.21. The topological polar surface area (TPSA) is 96.0 Å². The van der Waals surface area contributed by atoms with Gasteiger partial charge in [0.25, 0.3) is 5.91 Å². The van der Waals surface area contributed by atoms with E-state index < -0.39 is 9.84 Å². The van der Waals surface area contributed by atoms with Gasteiger partial charge in [-0.15, -0.1) is 5.10 Å². The molecule has 0 aromatic carbocycles. The van der Waals surface area contributed by atoms with Crippen molar-refractivity contribution in [3.8, 4) is 0 Å². The number of hydrogen-bond acceptors (Lipinski definition) is 5. The highest BCUT2D eigenvalue weighted by molar-refractivity contribution is 7.90. The standard InChI is InChI=1S/C10H18N4O3S/c1-4-5-8-11-9(13-12-8)10(15)14(2)6-7-18(3,16)17/h4-7H2,1-3H3,(H,11,12,13). The summed E-state index contributed by atoms with van der Waals surface area (Å²) >= 11 is 0. The fourth-order valence-electron chi connectivity index (χ4n) is 1.31. The predicted octanol–water partition coefficient (Wildman–Crippen LogP) is -0.126. The Labute approximate surface area is 107 Å². The second kappa shape index (κ2) is 5.94. The van der Waals surface area contributed by atoms with Crippen LogP contribution in [-0.4, -0.2) is 60.0 Å². The number of hydrogen-bond donors (Lipinski definition) is 1. The monoisotopic (exact) mass is 274 g/mol. The van der Waals surface area contributed by atoms with E-state index in [4.69, 9.17) is 0 Å². The minimum atomic E-state index is -3.08. The number of amides is 1. The van der Waals surface area contributed by atoms with Crippen molar-refractivity contribution in [3.63, 3.8) is 0 Å². The maximum Gasteiger partial charge on any atom is 0.293 e. The maximum absolute atomic E-state index is 11.9. The van der Waals surface area contributed by atoms with Crippen LogP contribution in [0.4, 0.5) is 0 Å². The molecule has 1 aromatic heterocycles. The first-order valence-corrected chi connectivity index (χ1v) is 7.74. The molecule has 0 fully saturated rings. The molecule has 1 N–H and O–H groups in total. The lowest BCUT2D eigenvalue weighted by Gasteiger charge is -2.13. The lowest BCUT2D eigenvalue weighted by molar-refractivity contribution is 0.0792. The molecule has 18 heavy (non-hydrogen) atoms. The van der Waals surface area contributed by atoms with Gasteiger partial charge in [0.15, 0.2) is 0 Å². The number of rotatable bonds is 6. The average molecular weight is 274 g/mol. The van der Waals surface area contributed by atoms with Gasteiger partial charge >= 0.3 is 0 Å². The number of aromatic nitrogens is 3. The highest BCUT2D eigenvalue weighted by Gasteiger charge is 2.18. The van der Waals surface area contributed by atoms with Gasteiger partial charge in [-0.25, -0.2) is 13.4 Å². The third kappa shape index (κ3) is 4.44. The van der Waals surface area contributed by atoms with Crippen molar-refractivity contribution in [1.82, 2.24) is 20.1 Å². The maximum atomic E-state index is 11.9. The van der Waals surface area contributed by atoms with Gasteiger partial charge in [-0.05, 0) is 6.42 Å². The fraction of sp³-hybridized carbons (Fsp3) is 0.700. The molecule has 0 aliphatic carbocycles. The molecule has 1 rings (SSSR count). The van der Waals surface area contributed by atoms with Crippen LogP contribution in [0.2, 0.25) is 0 Å². The van der Waals surface area contributed by atoms with Crippen LogP contribution in [-0.2, 0) is 16.3 Å². The molecule has 1 amide bonds. The molecule has 7 nitrogen and oxygen atoms in total. The minimum absolute atomic E-state index is 0.0680. The SMILES string of the molecule is CCCc1nc(C(=O)N(C)CCS(C)(=O)=O)n[nH]1. The first-order chi connectivity index (χ1) is 8.33. The Morgan fingerprint density at radius 3 is 2.67 bits per heavy atom. The summed E-state index contributed by atoms with van der Waals surface area (Å²) in [5.41, 5.74) is 0. The summed E-state index contributed by atoms with van der Waals surface area (Å²) in [6.07, 6.45) is 2.78. The minimum Gasteiger partial charge on any atom is -0.338 e. The molecule has 0 saturated heterocycles. The molecule has 0 radical (unpaired) electrons. The van der Waals surface area contributed by atoms with E-state index in [1.165, 1.54) is 11.9 Å². The highest BCUT2D eigenvalue weighted by atomic mass is 32.2.